The molecule has 2 aromatic rings. The van der Waals surface area contributed by atoms with E-state index in [1.165, 1.54) is 25.3 Å². The summed E-state index contributed by atoms with van der Waals surface area (Å²) in [5, 5.41) is 19.6. The van der Waals surface area contributed by atoms with Crippen molar-refractivity contribution in [1.29, 1.82) is 0 Å². The van der Waals surface area contributed by atoms with Crippen molar-refractivity contribution in [3.63, 3.8) is 0 Å². The van der Waals surface area contributed by atoms with Gasteiger partial charge in [0.25, 0.3) is 0 Å². The molecule has 0 amide bonds. The maximum absolute atomic E-state index is 12.0. The molecule has 0 spiro atoms. The topological polar surface area (TPSA) is 85.2 Å². The lowest BCUT2D eigenvalue weighted by Crippen LogP contribution is -2.21. The molecule has 3 rings (SSSR count). The van der Waals surface area contributed by atoms with Gasteiger partial charge < -0.3 is 24.4 Å². The molecule has 0 aliphatic carbocycles. The highest BCUT2D eigenvalue weighted by Crippen LogP contribution is 2.47. The van der Waals surface area contributed by atoms with E-state index in [0.29, 0.717) is 23.7 Å². The van der Waals surface area contributed by atoms with Gasteiger partial charge in [-0.3, -0.25) is 4.79 Å². The first-order valence-corrected chi connectivity index (χ1v) is 7.60. The summed E-state index contributed by atoms with van der Waals surface area (Å²) >= 11 is 0. The van der Waals surface area contributed by atoms with E-state index >= 15 is 0 Å². The fourth-order valence-corrected chi connectivity index (χ4v) is 2.92. The predicted molar refractivity (Wildman–Crippen MR) is 86.0 cm³/mol. The van der Waals surface area contributed by atoms with E-state index in [2.05, 4.69) is 0 Å². The monoisotopic (exact) mass is 330 g/mol. The Hall–Kier alpha value is -2.89. The number of esters is 1. The molecule has 0 unspecified atom stereocenters. The summed E-state index contributed by atoms with van der Waals surface area (Å²) in [6.45, 7) is 2.24. The minimum atomic E-state index is -0.397. The van der Waals surface area contributed by atoms with Crippen LogP contribution >= 0.6 is 0 Å². The van der Waals surface area contributed by atoms with Gasteiger partial charge in [-0.15, -0.1) is 0 Å². The van der Waals surface area contributed by atoms with Gasteiger partial charge in [0, 0.05) is 23.6 Å². The fraction of sp³-hybridized carbons (Fsp3) is 0.278. The number of aromatic hydroxyl groups is 2. The lowest BCUT2D eigenvalue weighted by atomic mass is 9.85. The summed E-state index contributed by atoms with van der Waals surface area (Å²) in [7, 11) is 1.49. The molecule has 1 heterocycles. The Morgan fingerprint density at radius 1 is 1.21 bits per heavy atom. The van der Waals surface area contributed by atoms with Crippen LogP contribution in [0.2, 0.25) is 0 Å². The van der Waals surface area contributed by atoms with Crippen LogP contribution < -0.4 is 14.2 Å². The minimum absolute atomic E-state index is 0.0388. The van der Waals surface area contributed by atoms with Gasteiger partial charge in [0.1, 0.15) is 17.2 Å². The number of hydrogen-bond donors (Lipinski definition) is 2. The van der Waals surface area contributed by atoms with Crippen LogP contribution in [0.4, 0.5) is 0 Å². The number of phenols is 2. The number of phenolic OH excluding ortho intramolecular Hbond substituents is 2. The first-order valence-electron chi connectivity index (χ1n) is 7.60. The van der Waals surface area contributed by atoms with Crippen molar-refractivity contribution in [1.82, 2.24) is 0 Å². The molecule has 1 aliphatic rings. The first kappa shape index (κ1) is 16.0. The minimum Gasteiger partial charge on any atom is -0.508 e. The molecular formula is C18H18O6. The third-order valence-electron chi connectivity index (χ3n) is 3.94. The molecule has 1 atom stereocenters. The largest absolute Gasteiger partial charge is 0.508 e. The Bertz CT molecular complexity index is 783. The second-order valence-corrected chi connectivity index (χ2v) is 5.45. The zero-order chi connectivity index (χ0) is 17.3. The van der Waals surface area contributed by atoms with Crippen LogP contribution in [0.25, 0.3) is 0 Å². The summed E-state index contributed by atoms with van der Waals surface area (Å²) in [6, 6.07) is 7.85. The third-order valence-corrected chi connectivity index (χ3v) is 3.94. The average molecular weight is 330 g/mol. The summed E-state index contributed by atoms with van der Waals surface area (Å²) in [4.78, 5) is 12.0. The quantitative estimate of drug-likeness (QED) is 0.662. The number of carbonyl (C=O) groups is 1. The summed E-state index contributed by atoms with van der Waals surface area (Å²) in [5.41, 5.74) is 1.47. The maximum Gasteiger partial charge on any atom is 0.312 e. The molecule has 0 radical (unpaired) electrons. The van der Waals surface area contributed by atoms with Gasteiger partial charge in [-0.2, -0.15) is 0 Å². The molecule has 6 nitrogen and oxygen atoms in total. The molecule has 2 aromatic carbocycles. The van der Waals surface area contributed by atoms with Gasteiger partial charge in [0.2, 0.25) is 0 Å². The SMILES string of the molecule is CCOc1cc([C@H]2CC(=O)Oc3cc(O)cc(OC)c32)ccc1O. The van der Waals surface area contributed by atoms with E-state index in [4.69, 9.17) is 14.2 Å². The second kappa shape index (κ2) is 6.31. The molecular weight excluding hydrogens is 312 g/mol. The molecule has 126 valence electrons. The Morgan fingerprint density at radius 2 is 2.00 bits per heavy atom. The highest BCUT2D eigenvalue weighted by atomic mass is 16.5. The van der Waals surface area contributed by atoms with E-state index < -0.39 is 5.97 Å². The Morgan fingerprint density at radius 3 is 2.71 bits per heavy atom. The smallest absolute Gasteiger partial charge is 0.312 e. The molecule has 1 aliphatic heterocycles. The molecule has 0 bridgehead atoms. The van der Waals surface area contributed by atoms with Crippen molar-refractivity contribution >= 4 is 5.97 Å². The van der Waals surface area contributed by atoms with Crippen molar-refractivity contribution in [3.8, 4) is 28.7 Å². The van der Waals surface area contributed by atoms with Crippen LogP contribution in [0.1, 0.15) is 30.4 Å². The van der Waals surface area contributed by atoms with Crippen molar-refractivity contribution in [3.05, 3.63) is 41.5 Å². The number of methoxy groups -OCH3 is 1. The molecule has 2 N–H and O–H groups in total. The normalized spacial score (nSPS) is 16.2. The van der Waals surface area contributed by atoms with E-state index in [-0.39, 0.29) is 29.6 Å². The third kappa shape index (κ3) is 2.82. The van der Waals surface area contributed by atoms with Crippen LogP contribution in [0.15, 0.2) is 30.3 Å². The van der Waals surface area contributed by atoms with Crippen molar-refractivity contribution in [2.24, 2.45) is 0 Å². The van der Waals surface area contributed by atoms with Crippen LogP contribution in [-0.2, 0) is 4.79 Å². The van der Waals surface area contributed by atoms with Gasteiger partial charge in [-0.1, -0.05) is 6.07 Å². The number of ether oxygens (including phenoxy) is 3. The summed E-state index contributed by atoms with van der Waals surface area (Å²) in [5.74, 6) is 0.348. The molecule has 0 fully saturated rings. The van der Waals surface area contributed by atoms with E-state index in [1.54, 1.807) is 12.1 Å². The van der Waals surface area contributed by atoms with Gasteiger partial charge in [-0.25, -0.2) is 0 Å². The van der Waals surface area contributed by atoms with Gasteiger partial charge in [-0.05, 0) is 24.6 Å². The van der Waals surface area contributed by atoms with Crippen LogP contribution in [-0.4, -0.2) is 29.9 Å². The van der Waals surface area contributed by atoms with Crippen molar-refractivity contribution in [2.45, 2.75) is 19.3 Å². The van der Waals surface area contributed by atoms with Crippen LogP contribution in [0.5, 0.6) is 28.7 Å². The molecule has 0 saturated carbocycles. The van der Waals surface area contributed by atoms with Crippen LogP contribution in [0, 0.1) is 0 Å². The van der Waals surface area contributed by atoms with Gasteiger partial charge in [0.15, 0.2) is 11.5 Å². The number of hydrogen-bond acceptors (Lipinski definition) is 6. The van der Waals surface area contributed by atoms with Crippen molar-refractivity contribution < 1.29 is 29.2 Å². The molecule has 0 saturated heterocycles. The molecule has 0 aromatic heterocycles. The van der Waals surface area contributed by atoms with E-state index in [1.807, 2.05) is 6.92 Å². The number of rotatable bonds is 4. The molecule has 24 heavy (non-hydrogen) atoms. The second-order valence-electron chi connectivity index (χ2n) is 5.45. The maximum atomic E-state index is 12.0. The lowest BCUT2D eigenvalue weighted by molar-refractivity contribution is -0.135. The van der Waals surface area contributed by atoms with E-state index in [0.717, 1.165) is 5.56 Å². The van der Waals surface area contributed by atoms with Gasteiger partial charge >= 0.3 is 5.97 Å². The summed E-state index contributed by atoms with van der Waals surface area (Å²) in [6.07, 6.45) is 0.129. The lowest BCUT2D eigenvalue weighted by Gasteiger charge is -2.27. The highest BCUT2D eigenvalue weighted by molar-refractivity contribution is 5.79. The first-order chi connectivity index (χ1) is 11.5. The standard InChI is InChI=1S/C18H18O6/c1-3-23-14-6-10(4-5-13(14)20)12-9-17(21)24-16-8-11(19)7-15(22-2)18(12)16/h4-8,12,19-20H,3,9H2,1-2H3/t12-/m1/s1. The average Bonchev–Trinajstić information content (AvgIpc) is 2.55. The molecule has 6 heteroatoms. The number of benzene rings is 2. The highest BCUT2D eigenvalue weighted by Gasteiger charge is 2.32. The Kier molecular flexibility index (Phi) is 4.20. The number of fused-ring (bicyclic) bond motifs is 1. The Balaban J connectivity index is 2.13. The van der Waals surface area contributed by atoms with Crippen LogP contribution in [0.3, 0.4) is 0 Å². The van der Waals surface area contributed by atoms with Crippen molar-refractivity contribution in [2.75, 3.05) is 13.7 Å². The van der Waals surface area contributed by atoms with Gasteiger partial charge in [0.05, 0.1) is 20.1 Å². The Labute approximate surface area is 139 Å². The summed E-state index contributed by atoms with van der Waals surface area (Å²) < 4.78 is 16.0. The fourth-order valence-electron chi connectivity index (χ4n) is 2.92. The predicted octanol–water partition coefficient (Wildman–Crippen LogP) is 2.95. The number of carbonyl (C=O) groups excluding carboxylic acids is 1. The zero-order valence-corrected chi connectivity index (χ0v) is 13.4. The zero-order valence-electron chi connectivity index (χ0n) is 13.4. The van der Waals surface area contributed by atoms with E-state index in [9.17, 15) is 15.0 Å².